The molecule has 0 radical (unpaired) electrons. The summed E-state index contributed by atoms with van der Waals surface area (Å²) in [5.74, 6) is 0.0733. The van der Waals surface area contributed by atoms with Gasteiger partial charge in [0.05, 0.1) is 6.33 Å². The number of aromatic nitrogens is 2. The van der Waals surface area contributed by atoms with E-state index >= 15 is 0 Å². The lowest BCUT2D eigenvalue weighted by molar-refractivity contribution is -0.117. The molecule has 3 rings (SSSR count). The molecule has 1 saturated heterocycles. The quantitative estimate of drug-likeness (QED) is 0.872. The first kappa shape index (κ1) is 13.9. The van der Waals surface area contributed by atoms with Crippen LogP contribution in [0.15, 0.2) is 43.0 Å². The van der Waals surface area contributed by atoms with Gasteiger partial charge in [-0.15, -0.1) is 0 Å². The van der Waals surface area contributed by atoms with Crippen molar-refractivity contribution in [2.24, 2.45) is 0 Å². The third-order valence-electron chi connectivity index (χ3n) is 3.39. The van der Waals surface area contributed by atoms with E-state index in [0.29, 0.717) is 13.0 Å². The van der Waals surface area contributed by atoms with E-state index in [1.54, 1.807) is 17.4 Å². The number of amides is 1. The van der Waals surface area contributed by atoms with E-state index in [0.717, 1.165) is 11.4 Å². The molecule has 2 aromatic rings. The summed E-state index contributed by atoms with van der Waals surface area (Å²) in [7, 11) is 0. The van der Waals surface area contributed by atoms with Gasteiger partial charge < -0.3 is 9.47 Å². The lowest BCUT2D eigenvalue weighted by atomic mass is 10.2. The van der Waals surface area contributed by atoms with E-state index in [9.17, 15) is 9.59 Å². The first-order valence-corrected chi connectivity index (χ1v) is 7.57. The van der Waals surface area contributed by atoms with Gasteiger partial charge in [0.2, 0.25) is 5.91 Å². The molecule has 1 aromatic heterocycles. The summed E-state index contributed by atoms with van der Waals surface area (Å²) in [6, 6.07) is 7.76. The minimum atomic E-state index is 0.0586. The van der Waals surface area contributed by atoms with E-state index in [-0.39, 0.29) is 16.3 Å². The smallest absolute Gasteiger partial charge is 0.228 e. The zero-order chi connectivity index (χ0) is 14.8. The Morgan fingerprint density at radius 3 is 2.62 bits per heavy atom. The van der Waals surface area contributed by atoms with E-state index in [1.165, 1.54) is 18.7 Å². The van der Waals surface area contributed by atoms with Crippen LogP contribution in [-0.2, 0) is 9.59 Å². The number of carbonyl (C=O) groups is 2. The largest absolute Gasteiger partial charge is 0.311 e. The van der Waals surface area contributed by atoms with Crippen LogP contribution < -0.4 is 4.90 Å². The van der Waals surface area contributed by atoms with Gasteiger partial charge in [0.1, 0.15) is 0 Å². The normalized spacial score (nSPS) is 18.2. The predicted molar refractivity (Wildman–Crippen MR) is 82.6 cm³/mol. The molecule has 1 unspecified atom stereocenters. The molecule has 1 aliphatic heterocycles. The summed E-state index contributed by atoms with van der Waals surface area (Å²) >= 11 is 1.25. The molecule has 0 saturated carbocycles. The minimum Gasteiger partial charge on any atom is -0.311 e. The lowest BCUT2D eigenvalue weighted by Gasteiger charge is -2.17. The summed E-state index contributed by atoms with van der Waals surface area (Å²) in [4.78, 5) is 29.0. The van der Waals surface area contributed by atoms with Crippen LogP contribution in [0.5, 0.6) is 0 Å². The fourth-order valence-electron chi connectivity index (χ4n) is 2.45. The van der Waals surface area contributed by atoms with Crippen molar-refractivity contribution in [1.29, 1.82) is 0 Å². The van der Waals surface area contributed by atoms with Crippen molar-refractivity contribution in [3.05, 3.63) is 43.0 Å². The van der Waals surface area contributed by atoms with Gasteiger partial charge in [0.25, 0.3) is 0 Å². The Labute approximate surface area is 127 Å². The molecule has 0 N–H and O–H groups in total. The van der Waals surface area contributed by atoms with Crippen LogP contribution in [0.3, 0.4) is 0 Å². The number of benzene rings is 1. The Morgan fingerprint density at radius 2 is 2.00 bits per heavy atom. The van der Waals surface area contributed by atoms with Crippen LogP contribution in [0.1, 0.15) is 13.3 Å². The number of hydrogen-bond donors (Lipinski definition) is 0. The Balaban J connectivity index is 1.75. The topological polar surface area (TPSA) is 55.2 Å². The molecule has 6 heteroatoms. The molecule has 0 aliphatic carbocycles. The molecule has 2 heterocycles. The Kier molecular flexibility index (Phi) is 3.79. The third-order valence-corrected chi connectivity index (χ3v) is 4.37. The number of anilines is 1. The number of rotatable bonds is 3. The molecule has 0 bridgehead atoms. The zero-order valence-electron chi connectivity index (χ0n) is 11.6. The average Bonchev–Trinajstić information content (AvgIpc) is 3.08. The monoisotopic (exact) mass is 301 g/mol. The molecule has 108 valence electrons. The maximum absolute atomic E-state index is 12.1. The third kappa shape index (κ3) is 3.00. The molecular formula is C15H15N3O2S. The van der Waals surface area contributed by atoms with Gasteiger partial charge in [-0.3, -0.25) is 9.59 Å². The number of hydrogen-bond acceptors (Lipinski definition) is 4. The van der Waals surface area contributed by atoms with Crippen molar-refractivity contribution >= 4 is 28.5 Å². The highest BCUT2D eigenvalue weighted by molar-refractivity contribution is 8.14. The summed E-state index contributed by atoms with van der Waals surface area (Å²) in [6.07, 6.45) is 5.75. The highest BCUT2D eigenvalue weighted by Crippen LogP contribution is 2.29. The van der Waals surface area contributed by atoms with Gasteiger partial charge in [-0.1, -0.05) is 11.8 Å². The van der Waals surface area contributed by atoms with Crippen LogP contribution in [-0.4, -0.2) is 32.4 Å². The van der Waals surface area contributed by atoms with Crippen LogP contribution in [0, 0.1) is 0 Å². The summed E-state index contributed by atoms with van der Waals surface area (Å²) < 4.78 is 1.91. The fourth-order valence-corrected chi connectivity index (χ4v) is 3.37. The molecule has 1 atom stereocenters. The molecule has 1 aromatic carbocycles. The van der Waals surface area contributed by atoms with Crippen LogP contribution >= 0.6 is 11.8 Å². The van der Waals surface area contributed by atoms with E-state index in [4.69, 9.17) is 0 Å². The molecule has 0 spiro atoms. The highest BCUT2D eigenvalue weighted by Gasteiger charge is 2.31. The van der Waals surface area contributed by atoms with Crippen molar-refractivity contribution in [3.63, 3.8) is 0 Å². The molecule has 1 aliphatic rings. The molecule has 1 fully saturated rings. The van der Waals surface area contributed by atoms with Gasteiger partial charge in [-0.2, -0.15) is 0 Å². The maximum Gasteiger partial charge on any atom is 0.228 e. The van der Waals surface area contributed by atoms with E-state index < -0.39 is 0 Å². The molecular weight excluding hydrogens is 286 g/mol. The summed E-state index contributed by atoms with van der Waals surface area (Å²) in [5.41, 5.74) is 1.87. The van der Waals surface area contributed by atoms with Crippen molar-refractivity contribution in [1.82, 2.24) is 9.55 Å². The van der Waals surface area contributed by atoms with E-state index in [2.05, 4.69) is 4.98 Å². The predicted octanol–water partition coefficient (Wildman–Crippen LogP) is 2.26. The van der Waals surface area contributed by atoms with Gasteiger partial charge in [0, 0.05) is 48.9 Å². The highest BCUT2D eigenvalue weighted by atomic mass is 32.2. The van der Waals surface area contributed by atoms with Gasteiger partial charge >= 0.3 is 0 Å². The first-order chi connectivity index (χ1) is 10.1. The van der Waals surface area contributed by atoms with Crippen molar-refractivity contribution < 1.29 is 9.59 Å². The number of imidazole rings is 1. The second-order valence-corrected chi connectivity index (χ2v) is 6.40. The fraction of sp³-hybridized carbons (Fsp3) is 0.267. The summed E-state index contributed by atoms with van der Waals surface area (Å²) in [6.45, 7) is 2.13. The Bertz CT molecular complexity index is 652. The molecule has 1 amide bonds. The van der Waals surface area contributed by atoms with Crippen molar-refractivity contribution in [2.45, 2.75) is 18.6 Å². The van der Waals surface area contributed by atoms with Gasteiger partial charge in [-0.05, 0) is 24.3 Å². The zero-order valence-corrected chi connectivity index (χ0v) is 12.4. The minimum absolute atomic E-state index is 0.0586. The Morgan fingerprint density at radius 1 is 1.29 bits per heavy atom. The van der Waals surface area contributed by atoms with Crippen LogP contribution in [0.2, 0.25) is 0 Å². The molecule has 5 nitrogen and oxygen atoms in total. The standard InChI is InChI=1S/C15H15N3O2S/c1-11(19)21-14-8-15(20)18(9-14)13-4-2-12(3-5-13)17-7-6-16-10-17/h2-7,10,14H,8-9H2,1H3. The van der Waals surface area contributed by atoms with Gasteiger partial charge in [0.15, 0.2) is 5.12 Å². The number of carbonyl (C=O) groups excluding carboxylic acids is 2. The van der Waals surface area contributed by atoms with Crippen LogP contribution in [0.25, 0.3) is 5.69 Å². The van der Waals surface area contributed by atoms with E-state index in [1.807, 2.05) is 35.0 Å². The number of nitrogens with zero attached hydrogens (tertiary/aromatic N) is 3. The molecule has 21 heavy (non-hydrogen) atoms. The maximum atomic E-state index is 12.1. The van der Waals surface area contributed by atoms with Crippen molar-refractivity contribution in [2.75, 3.05) is 11.4 Å². The SMILES string of the molecule is CC(=O)SC1CC(=O)N(c2ccc(-n3ccnc3)cc2)C1. The first-order valence-electron chi connectivity index (χ1n) is 6.69. The number of thioether (sulfide) groups is 1. The average molecular weight is 301 g/mol. The van der Waals surface area contributed by atoms with Gasteiger partial charge in [-0.25, -0.2) is 4.98 Å². The van der Waals surface area contributed by atoms with Crippen molar-refractivity contribution in [3.8, 4) is 5.69 Å². The second-order valence-electron chi connectivity index (χ2n) is 4.93. The lowest BCUT2D eigenvalue weighted by Crippen LogP contribution is -2.24. The second kappa shape index (κ2) is 5.73. The van der Waals surface area contributed by atoms with Crippen LogP contribution in [0.4, 0.5) is 5.69 Å². The summed E-state index contributed by atoms with van der Waals surface area (Å²) in [5, 5.41) is 0.119. The Hall–Kier alpha value is -2.08.